The van der Waals surface area contributed by atoms with E-state index in [0.717, 1.165) is 6.20 Å². The molecule has 1 aromatic carbocycles. The molecule has 0 unspecified atom stereocenters. The molecule has 1 fully saturated rings. The lowest BCUT2D eigenvalue weighted by molar-refractivity contribution is -0.222. The number of hydrogen-bond donors (Lipinski definition) is 2. The summed E-state index contributed by atoms with van der Waals surface area (Å²) in [5.41, 5.74) is 0.666. The van der Waals surface area contributed by atoms with Crippen LogP contribution in [0.5, 0.6) is 5.75 Å². The summed E-state index contributed by atoms with van der Waals surface area (Å²) in [6, 6.07) is 3.25. The first-order valence-corrected chi connectivity index (χ1v) is 6.50. The first-order chi connectivity index (χ1) is 9.71. The van der Waals surface area contributed by atoms with Crippen LogP contribution in [-0.4, -0.2) is 22.8 Å². The van der Waals surface area contributed by atoms with E-state index in [4.69, 9.17) is 21.1 Å². The Labute approximate surface area is 126 Å². The number of esters is 2. The Balaban J connectivity index is 2.24. The number of phenolic OH excluding ortho intramolecular Hbond substituents is 1. The lowest BCUT2D eigenvalue weighted by Crippen LogP contribution is -2.42. The zero-order chi connectivity index (χ0) is 15.8. The fraction of sp³-hybridized carbons (Fsp3) is 0.286. The van der Waals surface area contributed by atoms with Crippen molar-refractivity contribution in [3.05, 3.63) is 34.5 Å². The third-order valence-electron chi connectivity index (χ3n) is 2.81. The van der Waals surface area contributed by atoms with Gasteiger partial charge in [0.25, 0.3) is 5.79 Å². The molecule has 2 rings (SSSR count). The molecule has 1 heterocycles. The van der Waals surface area contributed by atoms with E-state index in [1.807, 2.05) is 0 Å². The van der Waals surface area contributed by atoms with Gasteiger partial charge in [0.15, 0.2) is 5.57 Å². The summed E-state index contributed by atoms with van der Waals surface area (Å²) < 4.78 is 9.89. The van der Waals surface area contributed by atoms with E-state index in [9.17, 15) is 14.7 Å². The van der Waals surface area contributed by atoms with Gasteiger partial charge in [-0.3, -0.25) is 0 Å². The van der Waals surface area contributed by atoms with Gasteiger partial charge in [0, 0.05) is 20.0 Å². The van der Waals surface area contributed by atoms with Crippen molar-refractivity contribution in [2.75, 3.05) is 5.32 Å². The molecule has 1 aliphatic heterocycles. The van der Waals surface area contributed by atoms with Crippen LogP contribution in [0, 0.1) is 6.92 Å². The number of aryl methyl sites for hydroxylation is 1. The topological polar surface area (TPSA) is 84.9 Å². The third kappa shape index (κ3) is 3.11. The Morgan fingerprint density at radius 3 is 2.38 bits per heavy atom. The summed E-state index contributed by atoms with van der Waals surface area (Å²) in [4.78, 5) is 23.5. The molecule has 0 aliphatic carbocycles. The molecule has 0 radical (unpaired) electrons. The zero-order valence-electron chi connectivity index (χ0n) is 11.7. The van der Waals surface area contributed by atoms with E-state index in [-0.39, 0.29) is 16.3 Å². The number of cyclic esters (lactones) is 2. The first-order valence-electron chi connectivity index (χ1n) is 6.13. The number of rotatable bonds is 2. The van der Waals surface area contributed by atoms with Gasteiger partial charge in [0.05, 0.1) is 5.69 Å². The van der Waals surface area contributed by atoms with E-state index < -0.39 is 17.7 Å². The normalized spacial score (nSPS) is 17.0. The van der Waals surface area contributed by atoms with E-state index in [0.29, 0.717) is 11.3 Å². The molecule has 0 aromatic heterocycles. The molecule has 0 spiro atoms. The second kappa shape index (κ2) is 5.29. The van der Waals surface area contributed by atoms with Crippen LogP contribution in [0.2, 0.25) is 5.02 Å². The molecule has 1 saturated heterocycles. The molecule has 2 N–H and O–H groups in total. The highest BCUT2D eigenvalue weighted by molar-refractivity contribution is 6.34. The van der Waals surface area contributed by atoms with E-state index >= 15 is 0 Å². The second-order valence-electron chi connectivity index (χ2n) is 4.97. The number of ether oxygens (including phenoxy) is 2. The predicted molar refractivity (Wildman–Crippen MR) is 75.8 cm³/mol. The van der Waals surface area contributed by atoms with Crippen LogP contribution >= 0.6 is 11.6 Å². The van der Waals surface area contributed by atoms with E-state index in [1.54, 1.807) is 19.1 Å². The van der Waals surface area contributed by atoms with Crippen LogP contribution in [0.25, 0.3) is 0 Å². The number of phenols is 1. The minimum absolute atomic E-state index is 0.0741. The van der Waals surface area contributed by atoms with Crippen LogP contribution in [0.3, 0.4) is 0 Å². The van der Waals surface area contributed by atoms with Crippen molar-refractivity contribution in [2.45, 2.75) is 26.6 Å². The largest absolute Gasteiger partial charge is 0.506 e. The first kappa shape index (κ1) is 15.2. The lowest BCUT2D eigenvalue weighted by atomic mass is 10.2. The van der Waals surface area contributed by atoms with Gasteiger partial charge in [-0.15, -0.1) is 0 Å². The number of aromatic hydroxyl groups is 1. The maximum Gasteiger partial charge on any atom is 0.350 e. The summed E-state index contributed by atoms with van der Waals surface area (Å²) in [5.74, 6) is -2.95. The highest BCUT2D eigenvalue weighted by Crippen LogP contribution is 2.34. The van der Waals surface area contributed by atoms with Crippen LogP contribution in [0.1, 0.15) is 19.4 Å². The summed E-state index contributed by atoms with van der Waals surface area (Å²) in [5, 5.41) is 12.5. The minimum Gasteiger partial charge on any atom is -0.506 e. The SMILES string of the molecule is Cc1ccc(NC=C2C(=O)OC(C)(C)OC2=O)c(Cl)c1O. The van der Waals surface area contributed by atoms with Gasteiger partial charge in [0.1, 0.15) is 10.8 Å². The average Bonchev–Trinajstić information content (AvgIpc) is 2.36. The molecular formula is C14H14ClNO5. The molecule has 0 atom stereocenters. The summed E-state index contributed by atoms with van der Waals surface area (Å²) in [6.45, 7) is 4.62. The molecule has 0 bridgehead atoms. The molecule has 0 saturated carbocycles. The van der Waals surface area contributed by atoms with Crippen molar-refractivity contribution >= 4 is 29.2 Å². The maximum absolute atomic E-state index is 11.7. The Morgan fingerprint density at radius 1 is 1.24 bits per heavy atom. The number of hydrogen-bond acceptors (Lipinski definition) is 6. The van der Waals surface area contributed by atoms with Crippen LogP contribution < -0.4 is 5.32 Å². The average molecular weight is 312 g/mol. The van der Waals surface area contributed by atoms with Crippen molar-refractivity contribution in [2.24, 2.45) is 0 Å². The van der Waals surface area contributed by atoms with Crippen molar-refractivity contribution in [1.82, 2.24) is 0 Å². The van der Waals surface area contributed by atoms with E-state index in [2.05, 4.69) is 5.32 Å². The van der Waals surface area contributed by atoms with E-state index in [1.165, 1.54) is 13.8 Å². The zero-order valence-corrected chi connectivity index (χ0v) is 12.4. The van der Waals surface area contributed by atoms with Crippen LogP contribution in [-0.2, 0) is 19.1 Å². The summed E-state index contributed by atoms with van der Waals surface area (Å²) in [6.07, 6.45) is 1.13. The van der Waals surface area contributed by atoms with Crippen molar-refractivity contribution < 1.29 is 24.2 Å². The summed E-state index contributed by atoms with van der Waals surface area (Å²) >= 11 is 5.96. The Morgan fingerprint density at radius 2 is 1.81 bits per heavy atom. The minimum atomic E-state index is -1.29. The molecular weight excluding hydrogens is 298 g/mol. The summed E-state index contributed by atoms with van der Waals surface area (Å²) in [7, 11) is 0. The molecule has 112 valence electrons. The number of carbonyl (C=O) groups excluding carboxylic acids is 2. The van der Waals surface area contributed by atoms with Gasteiger partial charge in [-0.1, -0.05) is 17.7 Å². The molecule has 0 amide bonds. The molecule has 6 nitrogen and oxygen atoms in total. The molecule has 7 heteroatoms. The van der Waals surface area contributed by atoms with Gasteiger partial charge >= 0.3 is 11.9 Å². The fourth-order valence-electron chi connectivity index (χ4n) is 1.70. The van der Waals surface area contributed by atoms with Gasteiger partial charge in [-0.25, -0.2) is 9.59 Å². The highest BCUT2D eigenvalue weighted by Gasteiger charge is 2.38. The van der Waals surface area contributed by atoms with Crippen molar-refractivity contribution in [3.63, 3.8) is 0 Å². The lowest BCUT2D eigenvalue weighted by Gasteiger charge is -2.29. The standard InChI is InChI=1S/C14H14ClNO5/c1-7-4-5-9(10(15)11(7)17)16-6-8-12(18)20-14(2,3)21-13(8)19/h4-6,16-17H,1-3H3. The fourth-order valence-corrected chi connectivity index (χ4v) is 1.97. The number of halogens is 1. The van der Waals surface area contributed by atoms with Gasteiger partial charge in [-0.2, -0.15) is 0 Å². The van der Waals surface area contributed by atoms with Crippen LogP contribution in [0.4, 0.5) is 5.69 Å². The quantitative estimate of drug-likeness (QED) is 0.496. The Hall–Kier alpha value is -2.21. The molecule has 21 heavy (non-hydrogen) atoms. The molecule has 1 aliphatic rings. The maximum atomic E-state index is 11.7. The van der Waals surface area contributed by atoms with Gasteiger partial charge in [0.2, 0.25) is 0 Å². The number of carbonyl (C=O) groups is 2. The Bertz CT molecular complexity index is 629. The Kier molecular flexibility index (Phi) is 3.82. The van der Waals surface area contributed by atoms with Gasteiger partial charge in [-0.05, 0) is 18.6 Å². The van der Waals surface area contributed by atoms with Crippen molar-refractivity contribution in [1.29, 1.82) is 0 Å². The van der Waals surface area contributed by atoms with Crippen molar-refractivity contribution in [3.8, 4) is 5.75 Å². The highest BCUT2D eigenvalue weighted by atomic mass is 35.5. The second-order valence-corrected chi connectivity index (χ2v) is 5.35. The molecule has 1 aromatic rings. The predicted octanol–water partition coefficient (Wildman–Crippen LogP) is 2.49. The third-order valence-corrected chi connectivity index (χ3v) is 3.19. The van der Waals surface area contributed by atoms with Crippen LogP contribution in [0.15, 0.2) is 23.9 Å². The number of nitrogens with one attached hydrogen (secondary N) is 1. The van der Waals surface area contributed by atoms with Gasteiger partial charge < -0.3 is 19.9 Å². The number of benzene rings is 1. The monoisotopic (exact) mass is 311 g/mol. The number of anilines is 1. The smallest absolute Gasteiger partial charge is 0.350 e.